The molecule has 0 bridgehead atoms. The molecule has 3 aliphatic rings. The Morgan fingerprint density at radius 2 is 2.05 bits per heavy atom. The van der Waals surface area contributed by atoms with Crippen LogP contribution in [0.2, 0.25) is 0 Å². The molecule has 2 amide bonds. The molecule has 5 heteroatoms. The summed E-state index contributed by atoms with van der Waals surface area (Å²) in [6.45, 7) is 7.96. The highest BCUT2D eigenvalue weighted by molar-refractivity contribution is 5.76. The summed E-state index contributed by atoms with van der Waals surface area (Å²) in [5.74, 6) is 0.689. The third-order valence-corrected chi connectivity index (χ3v) is 5.07. The molecule has 3 saturated heterocycles. The number of carbonyl (C=O) groups is 1. The summed E-state index contributed by atoms with van der Waals surface area (Å²) in [4.78, 5) is 16.3. The predicted molar refractivity (Wildman–Crippen MR) is 80.3 cm³/mol. The smallest absolute Gasteiger partial charge is 0.320 e. The Bertz CT molecular complexity index is 363. The summed E-state index contributed by atoms with van der Waals surface area (Å²) >= 11 is 0. The van der Waals surface area contributed by atoms with Gasteiger partial charge in [0.15, 0.2) is 0 Å². The first-order valence-corrected chi connectivity index (χ1v) is 8.48. The van der Waals surface area contributed by atoms with Gasteiger partial charge in [-0.3, -0.25) is 0 Å². The molecule has 3 heterocycles. The van der Waals surface area contributed by atoms with Crippen LogP contribution in [0.5, 0.6) is 0 Å². The van der Waals surface area contributed by atoms with E-state index in [9.17, 15) is 4.79 Å². The maximum atomic E-state index is 12.3. The van der Waals surface area contributed by atoms with Crippen molar-refractivity contribution in [2.24, 2.45) is 5.92 Å². The Balaban J connectivity index is 1.45. The number of ether oxygens (including phenoxy) is 2. The molecule has 0 unspecified atom stereocenters. The fourth-order valence-corrected chi connectivity index (χ4v) is 3.88. The normalized spacial score (nSPS) is 28.0. The number of rotatable bonds is 4. The highest BCUT2D eigenvalue weighted by atomic mass is 16.5. The zero-order valence-electron chi connectivity index (χ0n) is 13.2. The van der Waals surface area contributed by atoms with E-state index in [0.717, 1.165) is 78.1 Å². The molecule has 0 saturated carbocycles. The van der Waals surface area contributed by atoms with E-state index in [4.69, 9.17) is 9.47 Å². The van der Waals surface area contributed by atoms with Crippen LogP contribution < -0.4 is 0 Å². The lowest BCUT2D eigenvalue weighted by molar-refractivity contribution is -0.168. The Morgan fingerprint density at radius 1 is 1.29 bits per heavy atom. The van der Waals surface area contributed by atoms with E-state index in [-0.39, 0.29) is 11.6 Å². The minimum absolute atomic E-state index is 0.0511. The van der Waals surface area contributed by atoms with Gasteiger partial charge in [-0.05, 0) is 44.9 Å². The summed E-state index contributed by atoms with van der Waals surface area (Å²) in [5, 5.41) is 0. The molecule has 0 aliphatic carbocycles. The van der Waals surface area contributed by atoms with Crippen LogP contribution in [0.4, 0.5) is 4.79 Å². The quantitative estimate of drug-likeness (QED) is 0.746. The van der Waals surface area contributed by atoms with E-state index < -0.39 is 0 Å². The third-order valence-electron chi connectivity index (χ3n) is 5.07. The van der Waals surface area contributed by atoms with Crippen LogP contribution in [0.1, 0.15) is 39.0 Å². The molecule has 1 atom stereocenters. The van der Waals surface area contributed by atoms with Gasteiger partial charge in [0.2, 0.25) is 0 Å². The fraction of sp³-hybridized carbons (Fsp3) is 0.938. The molecule has 0 aromatic rings. The molecule has 5 nitrogen and oxygen atoms in total. The van der Waals surface area contributed by atoms with E-state index in [1.54, 1.807) is 0 Å². The molecular formula is C16H28N2O3. The van der Waals surface area contributed by atoms with E-state index in [1.165, 1.54) is 0 Å². The standard InChI is InChI=1S/C16H28N2O3/c1-2-20-9-5-14-6-10-21-16(11-14)12-18(13-16)15(19)17-7-3-4-8-17/h14H,2-13H2,1H3/t14-/m0/s1. The maximum absolute atomic E-state index is 12.3. The number of amides is 2. The highest BCUT2D eigenvalue weighted by Gasteiger charge is 2.50. The summed E-state index contributed by atoms with van der Waals surface area (Å²) in [5.41, 5.74) is -0.0511. The van der Waals surface area contributed by atoms with Gasteiger partial charge >= 0.3 is 6.03 Å². The molecule has 3 aliphatic heterocycles. The minimum atomic E-state index is -0.0511. The predicted octanol–water partition coefficient (Wildman–Crippen LogP) is 2.11. The van der Waals surface area contributed by atoms with Crippen molar-refractivity contribution in [3.05, 3.63) is 0 Å². The number of carbonyl (C=O) groups excluding carboxylic acids is 1. The summed E-state index contributed by atoms with van der Waals surface area (Å²) in [6, 6.07) is 0.221. The molecule has 120 valence electrons. The van der Waals surface area contributed by atoms with Gasteiger partial charge in [-0.1, -0.05) is 0 Å². The van der Waals surface area contributed by atoms with Crippen LogP contribution in [-0.2, 0) is 9.47 Å². The molecule has 0 aromatic heterocycles. The first-order chi connectivity index (χ1) is 10.2. The molecule has 3 rings (SSSR count). The van der Waals surface area contributed by atoms with Gasteiger partial charge in [0, 0.05) is 32.9 Å². The molecule has 1 spiro atoms. The number of likely N-dealkylation sites (tertiary alicyclic amines) is 2. The summed E-state index contributed by atoms with van der Waals surface area (Å²) < 4.78 is 11.5. The topological polar surface area (TPSA) is 42.0 Å². The monoisotopic (exact) mass is 296 g/mol. The molecule has 0 aromatic carbocycles. The average Bonchev–Trinajstić information content (AvgIpc) is 2.99. The average molecular weight is 296 g/mol. The Labute approximate surface area is 127 Å². The van der Waals surface area contributed by atoms with E-state index in [1.807, 2.05) is 16.7 Å². The van der Waals surface area contributed by atoms with Crippen molar-refractivity contribution in [3.63, 3.8) is 0 Å². The van der Waals surface area contributed by atoms with Gasteiger partial charge in [0.25, 0.3) is 0 Å². The molecule has 21 heavy (non-hydrogen) atoms. The molecule has 3 fully saturated rings. The van der Waals surface area contributed by atoms with Crippen molar-refractivity contribution in [1.29, 1.82) is 0 Å². The van der Waals surface area contributed by atoms with E-state index in [0.29, 0.717) is 5.92 Å². The van der Waals surface area contributed by atoms with Crippen LogP contribution in [0.25, 0.3) is 0 Å². The van der Waals surface area contributed by atoms with Gasteiger partial charge in [-0.25, -0.2) is 4.79 Å². The van der Waals surface area contributed by atoms with Crippen molar-refractivity contribution in [2.45, 2.75) is 44.6 Å². The number of hydrogen-bond donors (Lipinski definition) is 0. The maximum Gasteiger partial charge on any atom is 0.320 e. The van der Waals surface area contributed by atoms with Crippen molar-refractivity contribution < 1.29 is 14.3 Å². The Morgan fingerprint density at radius 3 is 2.76 bits per heavy atom. The van der Waals surface area contributed by atoms with E-state index in [2.05, 4.69) is 0 Å². The lowest BCUT2D eigenvalue weighted by atomic mass is 9.79. The zero-order valence-corrected chi connectivity index (χ0v) is 13.2. The van der Waals surface area contributed by atoms with Crippen LogP contribution in [-0.4, -0.2) is 67.4 Å². The third kappa shape index (κ3) is 3.34. The van der Waals surface area contributed by atoms with Crippen molar-refractivity contribution >= 4 is 6.03 Å². The van der Waals surface area contributed by atoms with Gasteiger partial charge < -0.3 is 19.3 Å². The van der Waals surface area contributed by atoms with Crippen LogP contribution in [0.3, 0.4) is 0 Å². The first-order valence-electron chi connectivity index (χ1n) is 8.48. The number of urea groups is 1. The van der Waals surface area contributed by atoms with Crippen LogP contribution in [0.15, 0.2) is 0 Å². The zero-order chi connectivity index (χ0) is 14.7. The van der Waals surface area contributed by atoms with Crippen molar-refractivity contribution in [1.82, 2.24) is 9.80 Å². The Kier molecular flexibility index (Phi) is 4.69. The second-order valence-electron chi connectivity index (χ2n) is 6.71. The number of nitrogens with zero attached hydrogens (tertiary/aromatic N) is 2. The van der Waals surface area contributed by atoms with Crippen LogP contribution in [0, 0.1) is 5.92 Å². The fourth-order valence-electron chi connectivity index (χ4n) is 3.88. The lowest BCUT2D eigenvalue weighted by Crippen LogP contribution is -2.68. The highest BCUT2D eigenvalue weighted by Crippen LogP contribution is 2.38. The van der Waals surface area contributed by atoms with Gasteiger partial charge in [-0.15, -0.1) is 0 Å². The molecule has 0 radical (unpaired) electrons. The molecule has 0 N–H and O–H groups in total. The first kappa shape index (κ1) is 15.1. The van der Waals surface area contributed by atoms with Gasteiger partial charge in [-0.2, -0.15) is 0 Å². The van der Waals surface area contributed by atoms with Gasteiger partial charge in [0.05, 0.1) is 13.1 Å². The minimum Gasteiger partial charge on any atom is -0.382 e. The van der Waals surface area contributed by atoms with Crippen molar-refractivity contribution in [3.8, 4) is 0 Å². The number of hydrogen-bond acceptors (Lipinski definition) is 3. The SMILES string of the molecule is CCOCC[C@H]1CCOC2(C1)CN(C(=O)N1CCCC1)C2. The molecular weight excluding hydrogens is 268 g/mol. The summed E-state index contributed by atoms with van der Waals surface area (Å²) in [7, 11) is 0. The van der Waals surface area contributed by atoms with E-state index >= 15 is 0 Å². The van der Waals surface area contributed by atoms with Crippen molar-refractivity contribution in [2.75, 3.05) is 46.0 Å². The Hall–Kier alpha value is -0.810. The summed E-state index contributed by atoms with van der Waals surface area (Å²) in [6.07, 6.45) is 5.65. The second-order valence-corrected chi connectivity index (χ2v) is 6.71. The van der Waals surface area contributed by atoms with Crippen LogP contribution >= 0.6 is 0 Å². The van der Waals surface area contributed by atoms with Gasteiger partial charge in [0.1, 0.15) is 5.60 Å². The second kappa shape index (κ2) is 6.53. The lowest BCUT2D eigenvalue weighted by Gasteiger charge is -2.53. The largest absolute Gasteiger partial charge is 0.382 e.